The van der Waals surface area contributed by atoms with Crippen LogP contribution in [0.2, 0.25) is 10.0 Å². The van der Waals surface area contributed by atoms with Crippen LogP contribution >= 0.6 is 23.2 Å². The van der Waals surface area contributed by atoms with Crippen molar-refractivity contribution in [1.29, 1.82) is 0 Å². The molecule has 0 N–H and O–H groups in total. The van der Waals surface area contributed by atoms with Crippen LogP contribution < -0.4 is 14.5 Å². The lowest BCUT2D eigenvalue weighted by molar-refractivity contribution is 0.413. The first kappa shape index (κ1) is 20.8. The fourth-order valence-corrected chi connectivity index (χ4v) is 4.69. The zero-order chi connectivity index (χ0) is 22.2. The van der Waals surface area contributed by atoms with E-state index in [2.05, 4.69) is 21.0 Å². The normalized spacial score (nSPS) is 14.2. The first-order chi connectivity index (χ1) is 15.6. The number of aromatic nitrogens is 4. The van der Waals surface area contributed by atoms with Crippen molar-refractivity contribution < 1.29 is 4.74 Å². The quantitative estimate of drug-likeness (QED) is 0.433. The van der Waals surface area contributed by atoms with Gasteiger partial charge < -0.3 is 14.5 Å². The monoisotopic (exact) mass is 468 g/mol. The van der Waals surface area contributed by atoms with E-state index >= 15 is 0 Å². The highest BCUT2D eigenvalue weighted by atomic mass is 35.5. The average Bonchev–Trinajstić information content (AvgIpc) is 3.19. The van der Waals surface area contributed by atoms with Crippen molar-refractivity contribution in [3.05, 3.63) is 58.7 Å². The van der Waals surface area contributed by atoms with Crippen molar-refractivity contribution in [3.63, 3.8) is 0 Å². The Bertz CT molecular complexity index is 1260. The van der Waals surface area contributed by atoms with Crippen LogP contribution in [0.15, 0.2) is 48.7 Å². The van der Waals surface area contributed by atoms with Gasteiger partial charge in [0.1, 0.15) is 11.6 Å². The molecule has 1 fully saturated rings. The molecule has 0 amide bonds. The van der Waals surface area contributed by atoms with Gasteiger partial charge in [-0.15, -0.1) is 0 Å². The second-order valence-corrected chi connectivity index (χ2v) is 8.43. The number of hydrogen-bond acceptors (Lipinski definition) is 6. The van der Waals surface area contributed by atoms with E-state index in [9.17, 15) is 0 Å². The van der Waals surface area contributed by atoms with Gasteiger partial charge in [0.15, 0.2) is 11.5 Å². The van der Waals surface area contributed by atoms with E-state index < -0.39 is 0 Å². The molecule has 2 aromatic heterocycles. The van der Waals surface area contributed by atoms with Crippen LogP contribution in [0, 0.1) is 0 Å². The number of fused-ring (bicyclic) bond motifs is 1. The molecule has 5 rings (SSSR count). The third kappa shape index (κ3) is 3.61. The van der Waals surface area contributed by atoms with Crippen LogP contribution in [0.4, 0.5) is 11.5 Å². The van der Waals surface area contributed by atoms with Gasteiger partial charge in [0.25, 0.3) is 0 Å². The number of benzene rings is 2. The molecule has 0 radical (unpaired) electrons. The van der Waals surface area contributed by atoms with Gasteiger partial charge in [0.2, 0.25) is 0 Å². The maximum absolute atomic E-state index is 6.46. The van der Waals surface area contributed by atoms with Crippen LogP contribution in [0.25, 0.3) is 22.4 Å². The lowest BCUT2D eigenvalue weighted by Gasteiger charge is -2.37. The van der Waals surface area contributed by atoms with Gasteiger partial charge in [-0.3, -0.25) is 4.68 Å². The smallest absolute Gasteiger partial charge is 0.167 e. The van der Waals surface area contributed by atoms with E-state index in [1.54, 1.807) is 23.9 Å². The molecule has 0 aliphatic carbocycles. The maximum Gasteiger partial charge on any atom is 0.167 e. The van der Waals surface area contributed by atoms with Crippen molar-refractivity contribution >= 4 is 45.7 Å². The SMILES string of the molecule is COc1ccccc1N1CCN(c2nc(-c3c(Cl)cccc3Cl)nc3c2cnn3C)CC1. The second kappa shape index (κ2) is 8.48. The molecule has 0 unspecified atom stereocenters. The van der Waals surface area contributed by atoms with Gasteiger partial charge in [0, 0.05) is 33.2 Å². The third-order valence-corrected chi connectivity index (χ3v) is 6.39. The molecule has 164 valence electrons. The fraction of sp³-hybridized carbons (Fsp3) is 0.261. The predicted octanol–water partition coefficient (Wildman–Crippen LogP) is 4.67. The minimum absolute atomic E-state index is 0.499. The molecule has 3 heterocycles. The molecule has 7 nitrogen and oxygen atoms in total. The number of piperazine rings is 1. The molecule has 1 aliphatic rings. The van der Waals surface area contributed by atoms with Crippen LogP contribution in [0.1, 0.15) is 0 Å². The average molecular weight is 469 g/mol. The highest BCUT2D eigenvalue weighted by Crippen LogP contribution is 2.36. The largest absolute Gasteiger partial charge is 0.495 e. The Hall–Kier alpha value is -3.03. The Balaban J connectivity index is 1.51. The van der Waals surface area contributed by atoms with Crippen LogP contribution in [-0.4, -0.2) is 53.0 Å². The number of hydrogen-bond donors (Lipinski definition) is 0. The predicted molar refractivity (Wildman–Crippen MR) is 129 cm³/mol. The maximum atomic E-state index is 6.46. The molecular weight excluding hydrogens is 447 g/mol. The van der Waals surface area contributed by atoms with Crippen molar-refractivity contribution in [2.24, 2.45) is 7.05 Å². The van der Waals surface area contributed by atoms with Crippen LogP contribution in [0.3, 0.4) is 0 Å². The van der Waals surface area contributed by atoms with Crippen molar-refractivity contribution in [2.75, 3.05) is 43.1 Å². The van der Waals surface area contributed by atoms with E-state index in [1.807, 2.05) is 37.5 Å². The molecule has 0 saturated carbocycles. The Kier molecular flexibility index (Phi) is 5.53. The van der Waals surface area contributed by atoms with E-state index in [4.69, 9.17) is 37.9 Å². The molecule has 0 bridgehead atoms. The summed E-state index contributed by atoms with van der Waals surface area (Å²) in [4.78, 5) is 14.3. The van der Waals surface area contributed by atoms with Gasteiger partial charge in [-0.05, 0) is 24.3 Å². The zero-order valence-corrected chi connectivity index (χ0v) is 19.3. The lowest BCUT2D eigenvalue weighted by Crippen LogP contribution is -2.47. The Morgan fingerprint density at radius 2 is 1.56 bits per heavy atom. The van der Waals surface area contributed by atoms with Crippen molar-refractivity contribution in [1.82, 2.24) is 19.7 Å². The third-order valence-electron chi connectivity index (χ3n) is 5.76. The standard InChI is InChI=1S/C23H22Cl2N6O/c1-29-22-15(14-26-29)23(28-21(27-22)20-16(24)6-5-7-17(20)25)31-12-10-30(11-13-31)18-8-3-4-9-19(18)32-2/h3-9,14H,10-13H2,1-2H3. The topological polar surface area (TPSA) is 59.3 Å². The van der Waals surface area contributed by atoms with E-state index in [-0.39, 0.29) is 0 Å². The Morgan fingerprint density at radius 1 is 0.875 bits per heavy atom. The van der Waals surface area contributed by atoms with Gasteiger partial charge >= 0.3 is 0 Å². The summed E-state index contributed by atoms with van der Waals surface area (Å²) in [6.45, 7) is 3.28. The summed E-state index contributed by atoms with van der Waals surface area (Å²) < 4.78 is 7.30. The summed E-state index contributed by atoms with van der Waals surface area (Å²) in [5, 5.41) is 6.36. The lowest BCUT2D eigenvalue weighted by atomic mass is 10.2. The van der Waals surface area contributed by atoms with Crippen LogP contribution in [-0.2, 0) is 7.05 Å². The molecule has 0 spiro atoms. The molecule has 32 heavy (non-hydrogen) atoms. The highest BCUT2D eigenvalue weighted by molar-refractivity contribution is 6.39. The molecule has 2 aromatic carbocycles. The van der Waals surface area contributed by atoms with Gasteiger partial charge in [-0.25, -0.2) is 9.97 Å². The number of anilines is 2. The van der Waals surface area contributed by atoms with Crippen molar-refractivity contribution in [3.8, 4) is 17.1 Å². The number of halogens is 2. The summed E-state index contributed by atoms with van der Waals surface area (Å²) in [7, 11) is 3.58. The molecular formula is C23H22Cl2N6O. The molecule has 9 heteroatoms. The minimum Gasteiger partial charge on any atom is -0.495 e. The summed E-state index contributed by atoms with van der Waals surface area (Å²) >= 11 is 12.9. The molecule has 0 atom stereocenters. The molecule has 1 saturated heterocycles. The van der Waals surface area contributed by atoms with E-state index in [0.29, 0.717) is 21.4 Å². The van der Waals surface area contributed by atoms with Gasteiger partial charge in [-0.1, -0.05) is 41.4 Å². The summed E-state index contributed by atoms with van der Waals surface area (Å²) in [6.07, 6.45) is 1.81. The number of nitrogens with zero attached hydrogens (tertiary/aromatic N) is 6. The first-order valence-corrected chi connectivity index (χ1v) is 11.1. The summed E-state index contributed by atoms with van der Waals surface area (Å²) in [5.41, 5.74) is 2.48. The van der Waals surface area contributed by atoms with Gasteiger partial charge in [-0.2, -0.15) is 5.10 Å². The zero-order valence-electron chi connectivity index (χ0n) is 17.8. The number of methoxy groups -OCH3 is 1. The van der Waals surface area contributed by atoms with Crippen molar-refractivity contribution in [2.45, 2.75) is 0 Å². The van der Waals surface area contributed by atoms with Crippen LogP contribution in [0.5, 0.6) is 5.75 Å². The fourth-order valence-electron chi connectivity index (χ4n) is 4.12. The second-order valence-electron chi connectivity index (χ2n) is 7.62. The van der Waals surface area contributed by atoms with E-state index in [0.717, 1.165) is 54.5 Å². The number of ether oxygens (including phenoxy) is 1. The summed E-state index contributed by atoms with van der Waals surface area (Å²) in [5.74, 6) is 2.22. The number of rotatable bonds is 4. The summed E-state index contributed by atoms with van der Waals surface area (Å²) in [6, 6.07) is 13.5. The first-order valence-electron chi connectivity index (χ1n) is 10.3. The van der Waals surface area contributed by atoms with E-state index in [1.165, 1.54) is 0 Å². The Labute approximate surface area is 196 Å². The number of para-hydroxylation sites is 2. The minimum atomic E-state index is 0.499. The number of aryl methyl sites for hydroxylation is 1. The highest BCUT2D eigenvalue weighted by Gasteiger charge is 2.25. The Morgan fingerprint density at radius 3 is 2.28 bits per heavy atom. The molecule has 1 aliphatic heterocycles. The molecule has 4 aromatic rings. The van der Waals surface area contributed by atoms with Gasteiger partial charge in [0.05, 0.1) is 40.0 Å².